The Bertz CT molecular complexity index is 1110. The van der Waals surface area contributed by atoms with Gasteiger partial charge in [0.05, 0.1) is 15.1 Å². The molecule has 0 spiro atoms. The van der Waals surface area contributed by atoms with E-state index in [1.165, 1.54) is 23.5 Å². The molecule has 0 aliphatic carbocycles. The molecule has 1 heterocycles. The molecule has 136 valence electrons. The topological polar surface area (TPSA) is 68.5 Å². The molecule has 3 rings (SSSR count). The van der Waals surface area contributed by atoms with Gasteiger partial charge < -0.3 is 4.57 Å². The van der Waals surface area contributed by atoms with Gasteiger partial charge in [0.2, 0.25) is 0 Å². The van der Waals surface area contributed by atoms with Gasteiger partial charge in [-0.3, -0.25) is 4.79 Å². The number of nitrogens with zero attached hydrogens (tertiary/aromatic N) is 2. The molecule has 0 N–H and O–H groups in total. The monoisotopic (exact) mass is 388 g/mol. The predicted molar refractivity (Wildman–Crippen MR) is 104 cm³/mol. The van der Waals surface area contributed by atoms with Gasteiger partial charge in [0.1, 0.15) is 5.75 Å². The van der Waals surface area contributed by atoms with Crippen LogP contribution < -0.4 is 4.80 Å². The van der Waals surface area contributed by atoms with Gasteiger partial charge in [-0.05, 0) is 37.6 Å². The quantitative estimate of drug-likeness (QED) is 0.673. The van der Waals surface area contributed by atoms with E-state index in [1.54, 1.807) is 12.1 Å². The molecular formula is C19H20N2O3S2. The van der Waals surface area contributed by atoms with Crippen LogP contribution in [0, 0.1) is 6.92 Å². The minimum atomic E-state index is -3.70. The molecule has 0 aliphatic heterocycles. The molecule has 0 bridgehead atoms. The van der Waals surface area contributed by atoms with E-state index in [-0.39, 0.29) is 4.90 Å². The summed E-state index contributed by atoms with van der Waals surface area (Å²) in [5.41, 5.74) is 1.97. The molecule has 0 saturated heterocycles. The number of carbonyl (C=O) groups is 1. The SMILES string of the molecule is CCCn1c(=NC(=O)CS(=O)(=O)c2ccc(C)cc2)sc2ccccc21. The summed E-state index contributed by atoms with van der Waals surface area (Å²) in [6.07, 6.45) is 0.893. The lowest BCUT2D eigenvalue weighted by atomic mass is 10.2. The largest absolute Gasteiger partial charge is 0.316 e. The second-order valence-corrected chi connectivity index (χ2v) is 9.08. The second-order valence-electron chi connectivity index (χ2n) is 6.08. The summed E-state index contributed by atoms with van der Waals surface area (Å²) in [7, 11) is -3.70. The standard InChI is InChI=1S/C19H20N2O3S2/c1-3-12-21-16-6-4-5-7-17(16)25-19(21)20-18(22)13-26(23,24)15-10-8-14(2)9-11-15/h4-11H,3,12-13H2,1-2H3. The van der Waals surface area contributed by atoms with Crippen molar-refractivity contribution >= 4 is 37.3 Å². The maximum atomic E-state index is 12.4. The first-order valence-corrected chi connectivity index (χ1v) is 10.8. The Morgan fingerprint density at radius 3 is 2.50 bits per heavy atom. The zero-order valence-corrected chi connectivity index (χ0v) is 16.3. The molecule has 0 fully saturated rings. The highest BCUT2D eigenvalue weighted by molar-refractivity contribution is 7.92. The fourth-order valence-corrected chi connectivity index (χ4v) is 4.86. The molecule has 0 saturated carbocycles. The zero-order chi connectivity index (χ0) is 18.7. The summed E-state index contributed by atoms with van der Waals surface area (Å²) in [5.74, 6) is -1.28. The van der Waals surface area contributed by atoms with Crippen LogP contribution in [0.2, 0.25) is 0 Å². The van der Waals surface area contributed by atoms with Crippen LogP contribution in [0.25, 0.3) is 10.2 Å². The number of fused-ring (bicyclic) bond motifs is 1. The minimum absolute atomic E-state index is 0.143. The van der Waals surface area contributed by atoms with E-state index in [9.17, 15) is 13.2 Å². The number of amides is 1. The Balaban J connectivity index is 1.95. The second kappa shape index (κ2) is 7.55. The van der Waals surface area contributed by atoms with Crippen LogP contribution in [0.3, 0.4) is 0 Å². The number of hydrogen-bond donors (Lipinski definition) is 0. The Morgan fingerprint density at radius 1 is 1.12 bits per heavy atom. The summed E-state index contributed by atoms with van der Waals surface area (Å²) >= 11 is 1.40. The van der Waals surface area contributed by atoms with E-state index in [1.807, 2.05) is 42.7 Å². The number of benzene rings is 2. The van der Waals surface area contributed by atoms with Gasteiger partial charge in [-0.25, -0.2) is 8.42 Å². The van der Waals surface area contributed by atoms with Crippen molar-refractivity contribution in [2.24, 2.45) is 4.99 Å². The summed E-state index contributed by atoms with van der Waals surface area (Å²) < 4.78 is 27.9. The molecule has 1 aromatic heterocycles. The number of thiazole rings is 1. The normalized spacial score (nSPS) is 12.6. The molecule has 1 amide bonds. The molecule has 0 radical (unpaired) electrons. The van der Waals surface area contributed by atoms with E-state index < -0.39 is 21.5 Å². The summed E-state index contributed by atoms with van der Waals surface area (Å²) in [6.45, 7) is 4.65. The summed E-state index contributed by atoms with van der Waals surface area (Å²) in [4.78, 5) is 17.1. The Hall–Kier alpha value is -2.25. The van der Waals surface area contributed by atoms with Crippen molar-refractivity contribution in [2.45, 2.75) is 31.7 Å². The lowest BCUT2D eigenvalue weighted by Gasteiger charge is -2.03. The number of aryl methyl sites for hydroxylation is 2. The van der Waals surface area contributed by atoms with Gasteiger partial charge in [0.15, 0.2) is 14.6 Å². The number of hydrogen-bond acceptors (Lipinski definition) is 4. The Kier molecular flexibility index (Phi) is 5.38. The van der Waals surface area contributed by atoms with Crippen molar-refractivity contribution in [2.75, 3.05) is 5.75 Å². The highest BCUT2D eigenvalue weighted by atomic mass is 32.2. The molecule has 7 heteroatoms. The molecule has 5 nitrogen and oxygen atoms in total. The fourth-order valence-electron chi connectivity index (χ4n) is 2.68. The highest BCUT2D eigenvalue weighted by Crippen LogP contribution is 2.17. The maximum absolute atomic E-state index is 12.4. The maximum Gasteiger partial charge on any atom is 0.263 e. The third-order valence-electron chi connectivity index (χ3n) is 3.95. The van der Waals surface area contributed by atoms with Crippen LogP contribution in [-0.2, 0) is 21.2 Å². The van der Waals surface area contributed by atoms with Gasteiger partial charge in [-0.1, -0.05) is 48.1 Å². The fraction of sp³-hybridized carbons (Fsp3) is 0.263. The Morgan fingerprint density at radius 2 is 1.81 bits per heavy atom. The van der Waals surface area contributed by atoms with E-state index in [0.717, 1.165) is 28.7 Å². The van der Waals surface area contributed by atoms with Crippen LogP contribution in [0.5, 0.6) is 0 Å². The van der Waals surface area contributed by atoms with Crippen molar-refractivity contribution in [3.63, 3.8) is 0 Å². The molecule has 3 aromatic rings. The first-order valence-electron chi connectivity index (χ1n) is 8.36. The summed E-state index contributed by atoms with van der Waals surface area (Å²) in [6, 6.07) is 14.3. The van der Waals surface area contributed by atoms with E-state index >= 15 is 0 Å². The summed E-state index contributed by atoms with van der Waals surface area (Å²) in [5, 5.41) is 0. The van der Waals surface area contributed by atoms with Crippen molar-refractivity contribution < 1.29 is 13.2 Å². The Labute approximate surface area is 156 Å². The third kappa shape index (κ3) is 3.94. The molecule has 0 aliphatic rings. The molecular weight excluding hydrogens is 368 g/mol. The van der Waals surface area contributed by atoms with Crippen LogP contribution >= 0.6 is 11.3 Å². The van der Waals surface area contributed by atoms with E-state index in [4.69, 9.17) is 0 Å². The minimum Gasteiger partial charge on any atom is -0.316 e. The lowest BCUT2D eigenvalue weighted by molar-refractivity contribution is -0.115. The van der Waals surface area contributed by atoms with Crippen molar-refractivity contribution in [3.8, 4) is 0 Å². The lowest BCUT2D eigenvalue weighted by Crippen LogP contribution is -2.21. The number of rotatable bonds is 5. The van der Waals surface area contributed by atoms with Crippen LogP contribution in [0.4, 0.5) is 0 Å². The molecule has 0 atom stereocenters. The van der Waals surface area contributed by atoms with Crippen molar-refractivity contribution in [1.29, 1.82) is 0 Å². The smallest absolute Gasteiger partial charge is 0.263 e. The van der Waals surface area contributed by atoms with Gasteiger partial charge in [0.25, 0.3) is 5.91 Å². The number of sulfone groups is 1. The number of para-hydroxylation sites is 1. The highest BCUT2D eigenvalue weighted by Gasteiger charge is 2.19. The van der Waals surface area contributed by atoms with Crippen LogP contribution in [0.1, 0.15) is 18.9 Å². The number of carbonyl (C=O) groups excluding carboxylic acids is 1. The van der Waals surface area contributed by atoms with E-state index in [2.05, 4.69) is 4.99 Å². The van der Waals surface area contributed by atoms with Gasteiger partial charge in [-0.15, -0.1) is 0 Å². The van der Waals surface area contributed by atoms with Gasteiger partial charge >= 0.3 is 0 Å². The van der Waals surface area contributed by atoms with Crippen molar-refractivity contribution in [1.82, 2.24) is 4.57 Å². The molecule has 2 aromatic carbocycles. The van der Waals surface area contributed by atoms with Crippen molar-refractivity contribution in [3.05, 3.63) is 58.9 Å². The average molecular weight is 389 g/mol. The number of aromatic nitrogens is 1. The van der Waals surface area contributed by atoms with Gasteiger partial charge in [0, 0.05) is 6.54 Å². The third-order valence-corrected chi connectivity index (χ3v) is 6.63. The average Bonchev–Trinajstić information content (AvgIpc) is 2.92. The first-order chi connectivity index (χ1) is 12.4. The van der Waals surface area contributed by atoms with Crippen LogP contribution in [0.15, 0.2) is 58.4 Å². The van der Waals surface area contributed by atoms with Gasteiger partial charge in [-0.2, -0.15) is 4.99 Å². The zero-order valence-electron chi connectivity index (χ0n) is 14.7. The predicted octanol–water partition coefficient (Wildman–Crippen LogP) is 3.32. The molecule has 0 unspecified atom stereocenters. The first kappa shape index (κ1) is 18.5. The van der Waals surface area contributed by atoms with E-state index in [0.29, 0.717) is 4.80 Å². The molecule has 26 heavy (non-hydrogen) atoms. The van der Waals surface area contributed by atoms with Crippen LogP contribution in [-0.4, -0.2) is 24.6 Å².